The molecule has 2 aromatic rings. The zero-order valence-electron chi connectivity index (χ0n) is 12.8. The lowest BCUT2D eigenvalue weighted by molar-refractivity contribution is 0.506. The van der Waals surface area contributed by atoms with Crippen LogP contribution >= 0.6 is 0 Å². The molecule has 0 aliphatic carbocycles. The number of hydrogen-bond donors (Lipinski definition) is 0. The van der Waals surface area contributed by atoms with E-state index in [2.05, 4.69) is 20.8 Å². The molecule has 0 unspecified atom stereocenters. The van der Waals surface area contributed by atoms with Gasteiger partial charge in [0.2, 0.25) is 0 Å². The van der Waals surface area contributed by atoms with E-state index in [9.17, 15) is 8.42 Å². The third-order valence-electron chi connectivity index (χ3n) is 4.08. The third kappa shape index (κ3) is 3.73. The van der Waals surface area contributed by atoms with E-state index < -0.39 is 9.84 Å². The van der Waals surface area contributed by atoms with Crippen LogP contribution in [0.3, 0.4) is 0 Å². The van der Waals surface area contributed by atoms with Gasteiger partial charge in [-0.1, -0.05) is 63.2 Å². The van der Waals surface area contributed by atoms with Gasteiger partial charge in [0, 0.05) is 0 Å². The maximum absolute atomic E-state index is 12.4. The van der Waals surface area contributed by atoms with E-state index in [4.69, 9.17) is 0 Å². The molecular weight excluding hydrogens is 280 g/mol. The third-order valence-corrected chi connectivity index (χ3v) is 5.78. The van der Waals surface area contributed by atoms with Crippen molar-refractivity contribution in [1.82, 2.24) is 0 Å². The first-order chi connectivity index (χ1) is 9.85. The summed E-state index contributed by atoms with van der Waals surface area (Å²) in [6.45, 7) is 6.47. The van der Waals surface area contributed by atoms with Gasteiger partial charge < -0.3 is 0 Å². The fourth-order valence-electron chi connectivity index (χ4n) is 2.19. The second kappa shape index (κ2) is 6.02. The minimum atomic E-state index is -3.28. The average Bonchev–Trinajstić information content (AvgIpc) is 2.48. The molecular formula is C18H22O2S. The Hall–Kier alpha value is -1.61. The standard InChI is InChI=1S/C18H22O2S/c1-4-18(2,3)16-10-12-17(13-11-16)21(19,20)14-15-8-6-5-7-9-15/h5-13H,4,14H2,1-3H3. The molecule has 0 fully saturated rings. The van der Waals surface area contributed by atoms with Crippen molar-refractivity contribution in [3.8, 4) is 0 Å². The predicted octanol–water partition coefficient (Wildman–Crippen LogP) is 4.35. The zero-order valence-corrected chi connectivity index (χ0v) is 13.7. The van der Waals surface area contributed by atoms with Crippen LogP contribution in [0.4, 0.5) is 0 Å². The molecule has 21 heavy (non-hydrogen) atoms. The van der Waals surface area contributed by atoms with Gasteiger partial charge in [-0.05, 0) is 35.1 Å². The highest BCUT2D eigenvalue weighted by Crippen LogP contribution is 2.28. The van der Waals surface area contributed by atoms with Crippen LogP contribution < -0.4 is 0 Å². The minimum absolute atomic E-state index is 0.0460. The molecule has 2 nitrogen and oxygen atoms in total. The molecule has 0 spiro atoms. The Morgan fingerprint density at radius 2 is 1.48 bits per heavy atom. The Morgan fingerprint density at radius 1 is 0.905 bits per heavy atom. The van der Waals surface area contributed by atoms with Gasteiger partial charge in [-0.15, -0.1) is 0 Å². The van der Waals surface area contributed by atoms with Crippen LogP contribution in [-0.4, -0.2) is 8.42 Å². The van der Waals surface area contributed by atoms with Crippen molar-refractivity contribution in [2.75, 3.05) is 0 Å². The Labute approximate surface area is 127 Å². The Kier molecular flexibility index (Phi) is 4.52. The van der Waals surface area contributed by atoms with Gasteiger partial charge in [0.1, 0.15) is 0 Å². The Morgan fingerprint density at radius 3 is 2.00 bits per heavy atom. The highest BCUT2D eigenvalue weighted by molar-refractivity contribution is 7.90. The van der Waals surface area contributed by atoms with Crippen LogP contribution in [0.1, 0.15) is 38.3 Å². The molecule has 112 valence electrons. The molecule has 0 aromatic heterocycles. The minimum Gasteiger partial charge on any atom is -0.223 e. The van der Waals surface area contributed by atoms with E-state index >= 15 is 0 Å². The van der Waals surface area contributed by atoms with Crippen molar-refractivity contribution < 1.29 is 8.42 Å². The van der Waals surface area contributed by atoms with Crippen LogP contribution in [0.15, 0.2) is 59.5 Å². The normalized spacial score (nSPS) is 12.3. The van der Waals surface area contributed by atoms with E-state index in [-0.39, 0.29) is 11.2 Å². The van der Waals surface area contributed by atoms with Crippen molar-refractivity contribution in [2.45, 2.75) is 43.3 Å². The molecule has 0 N–H and O–H groups in total. The van der Waals surface area contributed by atoms with Gasteiger partial charge in [0.15, 0.2) is 9.84 Å². The molecule has 2 rings (SSSR count). The molecule has 0 bridgehead atoms. The second-order valence-electron chi connectivity index (χ2n) is 6.01. The van der Waals surface area contributed by atoms with Gasteiger partial charge >= 0.3 is 0 Å². The zero-order chi connectivity index (χ0) is 15.5. The average molecular weight is 302 g/mol. The van der Waals surface area contributed by atoms with Crippen LogP contribution in [0.5, 0.6) is 0 Å². The molecule has 0 atom stereocenters. The summed E-state index contributed by atoms with van der Waals surface area (Å²) in [6.07, 6.45) is 1.02. The molecule has 0 aliphatic rings. The predicted molar refractivity (Wildman–Crippen MR) is 87.1 cm³/mol. The van der Waals surface area contributed by atoms with Gasteiger partial charge in [0.05, 0.1) is 10.6 Å². The molecule has 3 heteroatoms. The summed E-state index contributed by atoms with van der Waals surface area (Å²) in [7, 11) is -3.28. The molecule has 0 amide bonds. The van der Waals surface area contributed by atoms with Crippen molar-refractivity contribution in [1.29, 1.82) is 0 Å². The van der Waals surface area contributed by atoms with Crippen molar-refractivity contribution >= 4 is 9.84 Å². The summed E-state index contributed by atoms with van der Waals surface area (Å²) in [5.41, 5.74) is 2.06. The second-order valence-corrected chi connectivity index (χ2v) is 8.00. The molecule has 2 aromatic carbocycles. The fraction of sp³-hybridized carbons (Fsp3) is 0.333. The Bertz CT molecular complexity index is 684. The molecule has 0 saturated carbocycles. The first kappa shape index (κ1) is 15.8. The lowest BCUT2D eigenvalue weighted by Gasteiger charge is -2.23. The first-order valence-corrected chi connectivity index (χ1v) is 8.87. The van der Waals surface area contributed by atoms with E-state index in [0.717, 1.165) is 12.0 Å². The maximum atomic E-state index is 12.4. The van der Waals surface area contributed by atoms with Crippen LogP contribution in [-0.2, 0) is 21.0 Å². The van der Waals surface area contributed by atoms with Crippen molar-refractivity contribution in [2.24, 2.45) is 0 Å². The van der Waals surface area contributed by atoms with E-state index in [1.807, 2.05) is 42.5 Å². The summed E-state index contributed by atoms with van der Waals surface area (Å²) in [4.78, 5) is 0.391. The molecule has 0 aliphatic heterocycles. The van der Waals surface area contributed by atoms with E-state index in [0.29, 0.717) is 4.90 Å². The fourth-order valence-corrected chi connectivity index (χ4v) is 3.54. The van der Waals surface area contributed by atoms with Gasteiger partial charge in [-0.25, -0.2) is 8.42 Å². The van der Waals surface area contributed by atoms with E-state index in [1.54, 1.807) is 12.1 Å². The quantitative estimate of drug-likeness (QED) is 0.823. The lowest BCUT2D eigenvalue weighted by Crippen LogP contribution is -2.15. The van der Waals surface area contributed by atoms with Crippen LogP contribution in [0.25, 0.3) is 0 Å². The highest BCUT2D eigenvalue weighted by Gasteiger charge is 2.20. The van der Waals surface area contributed by atoms with Crippen molar-refractivity contribution in [3.63, 3.8) is 0 Å². The smallest absolute Gasteiger partial charge is 0.182 e. The SMILES string of the molecule is CCC(C)(C)c1ccc(S(=O)(=O)Cc2ccccc2)cc1. The van der Waals surface area contributed by atoms with Gasteiger partial charge in [0.25, 0.3) is 0 Å². The summed E-state index contributed by atoms with van der Waals surface area (Å²) in [5, 5.41) is 0. The monoisotopic (exact) mass is 302 g/mol. The van der Waals surface area contributed by atoms with Gasteiger partial charge in [-0.2, -0.15) is 0 Å². The van der Waals surface area contributed by atoms with Crippen molar-refractivity contribution in [3.05, 3.63) is 65.7 Å². The lowest BCUT2D eigenvalue weighted by atomic mass is 9.82. The topological polar surface area (TPSA) is 34.1 Å². The molecule has 0 saturated heterocycles. The highest BCUT2D eigenvalue weighted by atomic mass is 32.2. The maximum Gasteiger partial charge on any atom is 0.182 e. The number of sulfone groups is 1. The van der Waals surface area contributed by atoms with E-state index in [1.165, 1.54) is 5.56 Å². The van der Waals surface area contributed by atoms with Gasteiger partial charge in [-0.3, -0.25) is 0 Å². The Balaban J connectivity index is 2.26. The first-order valence-electron chi connectivity index (χ1n) is 7.22. The summed E-state index contributed by atoms with van der Waals surface area (Å²) in [5.74, 6) is 0.0460. The molecule has 0 radical (unpaired) electrons. The largest absolute Gasteiger partial charge is 0.223 e. The number of hydrogen-bond acceptors (Lipinski definition) is 2. The van der Waals surface area contributed by atoms with Crippen LogP contribution in [0.2, 0.25) is 0 Å². The number of benzene rings is 2. The molecule has 0 heterocycles. The summed E-state index contributed by atoms with van der Waals surface area (Å²) >= 11 is 0. The summed E-state index contributed by atoms with van der Waals surface area (Å²) in [6, 6.07) is 16.6. The summed E-state index contributed by atoms with van der Waals surface area (Å²) < 4.78 is 24.9. The van der Waals surface area contributed by atoms with Crippen LogP contribution in [0, 0.1) is 0 Å². The number of rotatable bonds is 5.